The first-order valence-corrected chi connectivity index (χ1v) is 8.21. The molecule has 5 nitrogen and oxygen atoms in total. The Labute approximate surface area is 136 Å². The largest absolute Gasteiger partial charge is 0.486 e. The van der Waals surface area contributed by atoms with Gasteiger partial charge in [0, 0.05) is 18.9 Å². The van der Waals surface area contributed by atoms with Gasteiger partial charge in [0.25, 0.3) is 0 Å². The van der Waals surface area contributed by atoms with Gasteiger partial charge in [-0.05, 0) is 44.0 Å². The quantitative estimate of drug-likeness (QED) is 0.872. The number of nitrogens with zero attached hydrogens (tertiary/aromatic N) is 3. The van der Waals surface area contributed by atoms with Gasteiger partial charge in [0.05, 0.1) is 17.4 Å². The third kappa shape index (κ3) is 3.01. The maximum Gasteiger partial charge on any atom is 0.161 e. The van der Waals surface area contributed by atoms with Crippen LogP contribution >= 0.6 is 0 Å². The van der Waals surface area contributed by atoms with Gasteiger partial charge in [0.1, 0.15) is 13.2 Å². The van der Waals surface area contributed by atoms with Crippen molar-refractivity contribution in [3.8, 4) is 11.5 Å². The fourth-order valence-electron chi connectivity index (χ4n) is 3.41. The summed E-state index contributed by atoms with van der Waals surface area (Å²) in [5, 5.41) is 0. The summed E-state index contributed by atoms with van der Waals surface area (Å²) < 4.78 is 11.3. The van der Waals surface area contributed by atoms with E-state index in [1.807, 2.05) is 25.4 Å². The highest BCUT2D eigenvalue weighted by molar-refractivity contribution is 5.43. The third-order valence-electron chi connectivity index (χ3n) is 4.47. The number of likely N-dealkylation sites (tertiary alicyclic amines) is 1. The zero-order chi connectivity index (χ0) is 15.6. The maximum atomic E-state index is 5.69. The second-order valence-corrected chi connectivity index (χ2v) is 6.19. The van der Waals surface area contributed by atoms with E-state index in [0.717, 1.165) is 42.4 Å². The van der Waals surface area contributed by atoms with Crippen LogP contribution in [0.5, 0.6) is 11.5 Å². The molecule has 0 bridgehead atoms. The lowest BCUT2D eigenvalue weighted by Crippen LogP contribution is -2.24. The number of fused-ring (bicyclic) bond motifs is 1. The molecule has 0 amide bonds. The van der Waals surface area contributed by atoms with Gasteiger partial charge in [-0.15, -0.1) is 0 Å². The molecule has 0 unspecified atom stereocenters. The summed E-state index contributed by atoms with van der Waals surface area (Å²) in [7, 11) is 0. The summed E-state index contributed by atoms with van der Waals surface area (Å²) in [6.45, 7) is 5.25. The molecule has 2 aromatic rings. The van der Waals surface area contributed by atoms with Crippen molar-refractivity contribution in [1.29, 1.82) is 0 Å². The fourth-order valence-corrected chi connectivity index (χ4v) is 3.41. The number of benzene rings is 1. The van der Waals surface area contributed by atoms with Crippen LogP contribution in [0, 0.1) is 6.92 Å². The molecule has 1 fully saturated rings. The van der Waals surface area contributed by atoms with Crippen molar-refractivity contribution in [1.82, 2.24) is 14.9 Å². The predicted molar refractivity (Wildman–Crippen MR) is 86.6 cm³/mol. The average molecular weight is 311 g/mol. The van der Waals surface area contributed by atoms with Crippen LogP contribution in [-0.2, 0) is 6.54 Å². The molecule has 0 saturated carbocycles. The minimum Gasteiger partial charge on any atom is -0.486 e. The molecule has 0 N–H and O–H groups in total. The van der Waals surface area contributed by atoms with Crippen LogP contribution in [0.25, 0.3) is 0 Å². The SMILES string of the molecule is Cc1cncc([C@H]2CCCN2Cc2ccc3c(c2)OCCO3)n1. The summed E-state index contributed by atoms with van der Waals surface area (Å²) in [4.78, 5) is 11.5. The van der Waals surface area contributed by atoms with E-state index in [1.165, 1.54) is 12.0 Å². The average Bonchev–Trinajstić information content (AvgIpc) is 3.03. The summed E-state index contributed by atoms with van der Waals surface area (Å²) >= 11 is 0. The normalized spacial score (nSPS) is 20.7. The van der Waals surface area contributed by atoms with E-state index in [4.69, 9.17) is 9.47 Å². The van der Waals surface area contributed by atoms with E-state index in [2.05, 4.69) is 27.0 Å². The first-order chi connectivity index (χ1) is 11.3. The van der Waals surface area contributed by atoms with E-state index >= 15 is 0 Å². The summed E-state index contributed by atoms with van der Waals surface area (Å²) in [5.41, 5.74) is 3.32. The van der Waals surface area contributed by atoms with E-state index < -0.39 is 0 Å². The highest BCUT2D eigenvalue weighted by atomic mass is 16.6. The number of rotatable bonds is 3. The molecule has 1 atom stereocenters. The van der Waals surface area contributed by atoms with Crippen molar-refractivity contribution in [2.24, 2.45) is 0 Å². The van der Waals surface area contributed by atoms with Crippen molar-refractivity contribution in [3.05, 3.63) is 47.5 Å². The standard InChI is InChI=1S/C18H21N3O2/c1-13-10-19-11-15(20-13)16-3-2-6-21(16)12-14-4-5-17-18(9-14)23-8-7-22-17/h4-5,9-11,16H,2-3,6-8,12H2,1H3/t16-/m1/s1. The highest BCUT2D eigenvalue weighted by Gasteiger charge is 2.27. The smallest absolute Gasteiger partial charge is 0.161 e. The number of hydrogen-bond acceptors (Lipinski definition) is 5. The first kappa shape index (κ1) is 14.5. The van der Waals surface area contributed by atoms with Crippen molar-refractivity contribution in [2.45, 2.75) is 32.4 Å². The van der Waals surface area contributed by atoms with Gasteiger partial charge in [0.2, 0.25) is 0 Å². The lowest BCUT2D eigenvalue weighted by Gasteiger charge is -2.25. The van der Waals surface area contributed by atoms with E-state index in [1.54, 1.807) is 0 Å². The molecule has 4 rings (SSSR count). The number of ether oxygens (including phenoxy) is 2. The molecule has 5 heteroatoms. The maximum absolute atomic E-state index is 5.69. The van der Waals surface area contributed by atoms with Gasteiger partial charge >= 0.3 is 0 Å². The molecule has 0 radical (unpaired) electrons. The summed E-state index contributed by atoms with van der Waals surface area (Å²) in [5.74, 6) is 1.71. The zero-order valence-corrected chi connectivity index (χ0v) is 13.4. The monoisotopic (exact) mass is 311 g/mol. The second-order valence-electron chi connectivity index (χ2n) is 6.19. The molecule has 0 spiro atoms. The Kier molecular flexibility index (Phi) is 3.87. The molecule has 2 aliphatic heterocycles. The molecule has 2 aliphatic rings. The Balaban J connectivity index is 1.53. The molecule has 1 aromatic heterocycles. The van der Waals surface area contributed by atoms with Crippen molar-refractivity contribution in [3.63, 3.8) is 0 Å². The second kappa shape index (κ2) is 6.16. The summed E-state index contributed by atoms with van der Waals surface area (Å²) in [6, 6.07) is 6.61. The first-order valence-electron chi connectivity index (χ1n) is 8.21. The van der Waals surface area contributed by atoms with Crippen LogP contribution in [-0.4, -0.2) is 34.6 Å². The van der Waals surface area contributed by atoms with Gasteiger partial charge in [-0.2, -0.15) is 0 Å². The number of aryl methyl sites for hydroxylation is 1. The molecule has 23 heavy (non-hydrogen) atoms. The lowest BCUT2D eigenvalue weighted by atomic mass is 10.1. The van der Waals surface area contributed by atoms with E-state index in [-0.39, 0.29) is 0 Å². The van der Waals surface area contributed by atoms with Crippen molar-refractivity contribution >= 4 is 0 Å². The fraction of sp³-hybridized carbons (Fsp3) is 0.444. The molecule has 1 aromatic carbocycles. The van der Waals surface area contributed by atoms with Crippen LogP contribution < -0.4 is 9.47 Å². The Morgan fingerprint density at radius 2 is 2.04 bits per heavy atom. The molecule has 0 aliphatic carbocycles. The van der Waals surface area contributed by atoms with Crippen LogP contribution in [0.4, 0.5) is 0 Å². The Morgan fingerprint density at radius 3 is 2.91 bits per heavy atom. The highest BCUT2D eigenvalue weighted by Crippen LogP contribution is 2.35. The minimum atomic E-state index is 0.357. The number of hydrogen-bond donors (Lipinski definition) is 0. The van der Waals surface area contributed by atoms with E-state index in [0.29, 0.717) is 19.3 Å². The van der Waals surface area contributed by atoms with Crippen LogP contribution in [0.3, 0.4) is 0 Å². The number of aromatic nitrogens is 2. The van der Waals surface area contributed by atoms with Gasteiger partial charge < -0.3 is 9.47 Å². The van der Waals surface area contributed by atoms with Crippen molar-refractivity contribution in [2.75, 3.05) is 19.8 Å². The third-order valence-corrected chi connectivity index (χ3v) is 4.47. The Bertz CT molecular complexity index is 704. The molecule has 1 saturated heterocycles. The van der Waals surface area contributed by atoms with Crippen molar-refractivity contribution < 1.29 is 9.47 Å². The van der Waals surface area contributed by atoms with Crippen LogP contribution in [0.15, 0.2) is 30.6 Å². The molecule has 120 valence electrons. The molecular formula is C18H21N3O2. The van der Waals surface area contributed by atoms with Gasteiger partial charge in [-0.25, -0.2) is 0 Å². The van der Waals surface area contributed by atoms with Gasteiger partial charge in [-0.3, -0.25) is 14.9 Å². The Morgan fingerprint density at radius 1 is 1.17 bits per heavy atom. The summed E-state index contributed by atoms with van der Waals surface area (Å²) in [6.07, 6.45) is 6.05. The lowest BCUT2D eigenvalue weighted by molar-refractivity contribution is 0.171. The van der Waals surface area contributed by atoms with Crippen LogP contribution in [0.2, 0.25) is 0 Å². The van der Waals surface area contributed by atoms with Crippen LogP contribution in [0.1, 0.15) is 35.8 Å². The van der Waals surface area contributed by atoms with Gasteiger partial charge in [-0.1, -0.05) is 6.07 Å². The molecule has 3 heterocycles. The molecular weight excluding hydrogens is 290 g/mol. The zero-order valence-electron chi connectivity index (χ0n) is 13.4. The van der Waals surface area contributed by atoms with Gasteiger partial charge in [0.15, 0.2) is 11.5 Å². The Hall–Kier alpha value is -2.14. The predicted octanol–water partition coefficient (Wildman–Crippen LogP) is 2.89. The van der Waals surface area contributed by atoms with E-state index in [9.17, 15) is 0 Å². The topological polar surface area (TPSA) is 47.5 Å². The minimum absolute atomic E-state index is 0.357.